The van der Waals surface area contributed by atoms with Gasteiger partial charge in [0, 0.05) is 47.3 Å². The number of nitrogens with one attached hydrogen (secondary N) is 2. The minimum atomic E-state index is -4.65. The van der Waals surface area contributed by atoms with Crippen LogP contribution in [0.4, 0.5) is 23.2 Å². The topological polar surface area (TPSA) is 134 Å². The Hall–Kier alpha value is -5.63. The molecule has 0 unspecified atom stereocenters. The zero-order valence-electron chi connectivity index (χ0n) is 28.8. The van der Waals surface area contributed by atoms with Crippen LogP contribution in [0.15, 0.2) is 60.7 Å². The van der Waals surface area contributed by atoms with Crippen molar-refractivity contribution in [3.05, 3.63) is 105 Å². The first-order valence-electron chi connectivity index (χ1n) is 17.2. The van der Waals surface area contributed by atoms with Gasteiger partial charge in [0.05, 0.1) is 41.4 Å². The maximum Gasteiger partial charge on any atom is 0.435 e. The van der Waals surface area contributed by atoms with Crippen LogP contribution in [-0.4, -0.2) is 61.3 Å². The van der Waals surface area contributed by atoms with Crippen molar-refractivity contribution in [1.82, 2.24) is 29.6 Å². The number of thiophene rings is 1. The number of hydrogen-bond donors (Lipinski definition) is 2. The first kappa shape index (κ1) is 35.4. The first-order chi connectivity index (χ1) is 26.0. The standard InChI is InChI=1S/C38H32F4N8O3S/c1-21-13-24(15-27-35(21)47-48-36(27)38(40,41)42)44-37(51)23-5-6-31-30(14-23)45-33(50(31)18-25-9-12-52-25)19-49-10-7-22(8-11-49)29-3-2-4-34(46-29)53-20-26-16-28(39)32(17-43)54-26/h2-7,13-16,25H,8-12,18-20H2,1H3,(H,44,51)(H,47,48)/t25-/m0/s1. The number of aryl methyl sites for hydroxylation is 1. The molecule has 2 N–H and O–H groups in total. The number of rotatable bonds is 10. The van der Waals surface area contributed by atoms with Crippen molar-refractivity contribution in [2.75, 3.05) is 25.0 Å². The van der Waals surface area contributed by atoms with Crippen LogP contribution in [-0.2, 0) is 30.6 Å². The number of imidazole rings is 1. The highest BCUT2D eigenvalue weighted by atomic mass is 32.1. The fourth-order valence-corrected chi connectivity index (χ4v) is 7.48. The molecule has 0 radical (unpaired) electrons. The number of pyridine rings is 1. The zero-order valence-corrected chi connectivity index (χ0v) is 29.7. The smallest absolute Gasteiger partial charge is 0.435 e. The Morgan fingerprint density at radius 3 is 2.76 bits per heavy atom. The predicted octanol–water partition coefficient (Wildman–Crippen LogP) is 7.62. The van der Waals surface area contributed by atoms with Gasteiger partial charge >= 0.3 is 6.18 Å². The summed E-state index contributed by atoms with van der Waals surface area (Å²) < 4.78 is 68.2. The maximum absolute atomic E-state index is 13.8. The van der Waals surface area contributed by atoms with Gasteiger partial charge in [0.1, 0.15) is 23.4 Å². The predicted molar refractivity (Wildman–Crippen MR) is 193 cm³/mol. The van der Waals surface area contributed by atoms with Crippen LogP contribution in [0.5, 0.6) is 5.88 Å². The number of nitriles is 1. The number of carbonyl (C=O) groups excluding carboxylic acids is 1. The summed E-state index contributed by atoms with van der Waals surface area (Å²) in [7, 11) is 0. The number of nitrogens with zero attached hydrogens (tertiary/aromatic N) is 6. The molecule has 4 aromatic heterocycles. The van der Waals surface area contributed by atoms with E-state index in [9.17, 15) is 22.4 Å². The lowest BCUT2D eigenvalue weighted by atomic mass is 10.0. The molecule has 0 aliphatic carbocycles. The lowest BCUT2D eigenvalue weighted by Crippen LogP contribution is -2.33. The Kier molecular flexibility index (Phi) is 9.38. The number of amides is 1. The molecule has 0 bridgehead atoms. The number of ether oxygens (including phenoxy) is 2. The third-order valence-electron chi connectivity index (χ3n) is 9.58. The molecule has 16 heteroatoms. The Morgan fingerprint density at radius 2 is 2.04 bits per heavy atom. The molecule has 1 saturated heterocycles. The summed E-state index contributed by atoms with van der Waals surface area (Å²) in [5.41, 5.74) is 3.63. The van der Waals surface area contributed by atoms with E-state index in [1.807, 2.05) is 24.3 Å². The van der Waals surface area contributed by atoms with Crippen LogP contribution in [0.2, 0.25) is 0 Å². The largest absolute Gasteiger partial charge is 0.472 e. The SMILES string of the molecule is Cc1cc(NC(=O)c2ccc3c(c2)nc(CN2CC=C(c4cccc(OCc5cc(F)c(C#N)s5)n4)CC2)n3C[C@@H]2CCO2)cc2c(C(F)(F)F)n[nH]c12. The molecule has 1 atom stereocenters. The van der Waals surface area contributed by atoms with E-state index in [0.717, 1.165) is 53.3 Å². The van der Waals surface area contributed by atoms with E-state index >= 15 is 0 Å². The number of aromatic amines is 1. The minimum Gasteiger partial charge on any atom is -0.472 e. The molecule has 0 spiro atoms. The van der Waals surface area contributed by atoms with Crippen LogP contribution < -0.4 is 10.1 Å². The molecule has 276 valence electrons. The molecule has 54 heavy (non-hydrogen) atoms. The molecule has 1 fully saturated rings. The summed E-state index contributed by atoms with van der Waals surface area (Å²) >= 11 is 1.06. The van der Waals surface area contributed by atoms with Gasteiger partial charge in [-0.05, 0) is 73.4 Å². The van der Waals surface area contributed by atoms with Crippen molar-refractivity contribution in [2.24, 2.45) is 0 Å². The van der Waals surface area contributed by atoms with Gasteiger partial charge in [-0.15, -0.1) is 11.3 Å². The third kappa shape index (κ3) is 7.17. The van der Waals surface area contributed by atoms with Crippen molar-refractivity contribution in [3.8, 4) is 11.9 Å². The minimum absolute atomic E-state index is 0.0260. The molecule has 6 heterocycles. The molecule has 1 amide bonds. The van der Waals surface area contributed by atoms with Crippen LogP contribution >= 0.6 is 11.3 Å². The van der Waals surface area contributed by atoms with Gasteiger partial charge in [0.15, 0.2) is 11.5 Å². The van der Waals surface area contributed by atoms with Crippen molar-refractivity contribution < 1.29 is 31.8 Å². The monoisotopic (exact) mass is 756 g/mol. The normalized spacial score (nSPS) is 16.3. The lowest BCUT2D eigenvalue weighted by molar-refractivity contribution is -0.139. The number of hydrogen-bond acceptors (Lipinski definition) is 9. The van der Waals surface area contributed by atoms with Gasteiger partial charge in [-0.2, -0.15) is 23.5 Å². The van der Waals surface area contributed by atoms with E-state index < -0.39 is 23.6 Å². The number of H-pyrrole nitrogens is 1. The number of alkyl halides is 3. The number of aromatic nitrogens is 5. The van der Waals surface area contributed by atoms with Crippen molar-refractivity contribution in [2.45, 2.75) is 51.7 Å². The highest BCUT2D eigenvalue weighted by molar-refractivity contribution is 7.12. The van der Waals surface area contributed by atoms with Gasteiger partial charge in [0.25, 0.3) is 5.91 Å². The van der Waals surface area contributed by atoms with Gasteiger partial charge in [-0.25, -0.2) is 14.4 Å². The molecule has 11 nitrogen and oxygen atoms in total. The molecule has 6 aromatic rings. The fourth-order valence-electron chi connectivity index (χ4n) is 6.73. The van der Waals surface area contributed by atoms with Gasteiger partial charge in [-0.3, -0.25) is 14.8 Å². The summed E-state index contributed by atoms with van der Waals surface area (Å²) in [4.78, 5) is 25.9. The molecule has 2 aliphatic rings. The Balaban J connectivity index is 0.975. The quantitative estimate of drug-likeness (QED) is 0.137. The molecule has 2 aliphatic heterocycles. The highest BCUT2D eigenvalue weighted by Gasteiger charge is 2.36. The van der Waals surface area contributed by atoms with E-state index in [0.29, 0.717) is 53.6 Å². The second-order valence-electron chi connectivity index (χ2n) is 13.2. The zero-order chi connectivity index (χ0) is 37.6. The molecular weight excluding hydrogens is 725 g/mol. The van der Waals surface area contributed by atoms with Crippen LogP contribution in [0.25, 0.3) is 27.5 Å². The molecule has 0 saturated carbocycles. The summed E-state index contributed by atoms with van der Waals surface area (Å²) in [6, 6.07) is 16.8. The maximum atomic E-state index is 13.8. The molecule has 2 aromatic carbocycles. The second kappa shape index (κ2) is 14.3. The Morgan fingerprint density at radius 1 is 1.19 bits per heavy atom. The summed E-state index contributed by atoms with van der Waals surface area (Å²) in [5.74, 6) is 0.212. The summed E-state index contributed by atoms with van der Waals surface area (Å²) in [5, 5.41) is 17.5. The van der Waals surface area contributed by atoms with E-state index in [-0.39, 0.29) is 34.2 Å². The number of benzene rings is 2. The van der Waals surface area contributed by atoms with Crippen LogP contribution in [0, 0.1) is 24.1 Å². The van der Waals surface area contributed by atoms with E-state index in [4.69, 9.17) is 19.7 Å². The lowest BCUT2D eigenvalue weighted by Gasteiger charge is -2.29. The van der Waals surface area contributed by atoms with Gasteiger partial charge in [0.2, 0.25) is 5.88 Å². The van der Waals surface area contributed by atoms with Gasteiger partial charge < -0.3 is 19.4 Å². The Labute approximate surface area is 309 Å². The van der Waals surface area contributed by atoms with E-state index in [1.54, 1.807) is 31.2 Å². The molecular formula is C38H32F4N8O3S. The average Bonchev–Trinajstić information content (AvgIpc) is 3.83. The van der Waals surface area contributed by atoms with Crippen LogP contribution in [0.1, 0.15) is 55.7 Å². The third-order valence-corrected chi connectivity index (χ3v) is 10.6. The number of anilines is 1. The van der Waals surface area contributed by atoms with E-state index in [1.165, 1.54) is 12.1 Å². The van der Waals surface area contributed by atoms with E-state index in [2.05, 4.69) is 36.0 Å². The van der Waals surface area contributed by atoms with Crippen molar-refractivity contribution in [3.63, 3.8) is 0 Å². The number of fused-ring (bicyclic) bond motifs is 2. The Bertz CT molecular complexity index is 2480. The first-order valence-corrected chi connectivity index (χ1v) is 18.0. The van der Waals surface area contributed by atoms with Gasteiger partial charge in [-0.1, -0.05) is 12.1 Å². The highest BCUT2D eigenvalue weighted by Crippen LogP contribution is 2.36. The van der Waals surface area contributed by atoms with Crippen LogP contribution in [0.3, 0.4) is 0 Å². The van der Waals surface area contributed by atoms with Crippen molar-refractivity contribution >= 4 is 50.4 Å². The molecule has 8 rings (SSSR count). The average molecular weight is 757 g/mol. The summed E-state index contributed by atoms with van der Waals surface area (Å²) in [6.07, 6.45) is -0.775. The summed E-state index contributed by atoms with van der Waals surface area (Å²) in [6.45, 7) is 5.04. The van der Waals surface area contributed by atoms with Crippen molar-refractivity contribution in [1.29, 1.82) is 5.26 Å². The fraction of sp³-hybridized carbons (Fsp3) is 0.289. The number of carbonyl (C=O) groups is 1. The second-order valence-corrected chi connectivity index (χ2v) is 14.4. The number of halogens is 4.